The van der Waals surface area contributed by atoms with Crippen molar-refractivity contribution in [1.29, 1.82) is 5.26 Å². The van der Waals surface area contributed by atoms with Crippen molar-refractivity contribution in [3.63, 3.8) is 0 Å². The molecule has 1 amide bonds. The van der Waals surface area contributed by atoms with Gasteiger partial charge in [0.1, 0.15) is 4.21 Å². The van der Waals surface area contributed by atoms with Gasteiger partial charge in [0.25, 0.3) is 15.9 Å². The topological polar surface area (TPSA) is 93.5 Å². The van der Waals surface area contributed by atoms with Crippen molar-refractivity contribution in [1.82, 2.24) is 9.80 Å². The molecule has 0 saturated heterocycles. The molecule has 32 heavy (non-hydrogen) atoms. The number of hydrogen-bond donors (Lipinski definition) is 1. The summed E-state index contributed by atoms with van der Waals surface area (Å²) in [5.74, 6) is -0.201. The Morgan fingerprint density at radius 3 is 2.44 bits per heavy atom. The summed E-state index contributed by atoms with van der Waals surface area (Å²) in [6, 6.07) is 18.9. The molecule has 0 saturated carbocycles. The van der Waals surface area contributed by atoms with Gasteiger partial charge in [0.2, 0.25) is 0 Å². The highest BCUT2D eigenvalue weighted by molar-refractivity contribution is 7.94. The summed E-state index contributed by atoms with van der Waals surface area (Å²) in [6.07, 6.45) is 0. The highest BCUT2D eigenvalue weighted by Gasteiger charge is 2.19. The van der Waals surface area contributed by atoms with Gasteiger partial charge >= 0.3 is 0 Å². The van der Waals surface area contributed by atoms with Crippen LogP contribution in [-0.2, 0) is 16.6 Å². The van der Waals surface area contributed by atoms with Gasteiger partial charge in [-0.3, -0.25) is 9.52 Å². The van der Waals surface area contributed by atoms with Crippen LogP contribution < -0.4 is 4.72 Å². The number of nitriles is 1. The smallest absolute Gasteiger partial charge is 0.271 e. The molecule has 3 rings (SSSR count). The lowest BCUT2D eigenvalue weighted by Crippen LogP contribution is -2.36. The normalized spacial score (nSPS) is 11.2. The maximum atomic E-state index is 13.3. The largest absolute Gasteiger partial charge is 0.333 e. The van der Waals surface area contributed by atoms with Crippen molar-refractivity contribution in [2.75, 3.05) is 31.9 Å². The van der Waals surface area contributed by atoms with Crippen LogP contribution in [0.4, 0.5) is 5.69 Å². The van der Waals surface area contributed by atoms with E-state index in [1.807, 2.05) is 31.1 Å². The number of nitrogens with one attached hydrogen (secondary N) is 1. The van der Waals surface area contributed by atoms with E-state index in [1.54, 1.807) is 52.7 Å². The molecule has 0 radical (unpaired) electrons. The van der Waals surface area contributed by atoms with Crippen LogP contribution in [0.15, 0.2) is 70.3 Å². The summed E-state index contributed by atoms with van der Waals surface area (Å²) < 4.78 is 27.8. The van der Waals surface area contributed by atoms with E-state index in [2.05, 4.69) is 10.8 Å². The van der Waals surface area contributed by atoms with Crippen LogP contribution in [0, 0.1) is 11.3 Å². The number of carbonyl (C=O) groups is 1. The minimum atomic E-state index is -3.70. The standard InChI is InChI=1S/C23H24N4O3S2/c1-26(2)12-13-27(17-19-10-8-18(16-24)9-11-19)23(28)20-5-3-6-21(15-20)25-32(29,30)22-7-4-14-31-22/h3-11,14-15,25H,12-13,17H2,1-2H3. The Morgan fingerprint density at radius 2 is 1.81 bits per heavy atom. The first kappa shape index (κ1) is 23.5. The third-order valence-corrected chi connectivity index (χ3v) is 7.46. The van der Waals surface area contributed by atoms with Crippen LogP contribution >= 0.6 is 11.3 Å². The molecule has 1 N–H and O–H groups in total. The van der Waals surface area contributed by atoms with Crippen LogP contribution in [0.25, 0.3) is 0 Å². The second-order valence-corrected chi connectivity index (χ2v) is 10.3. The fourth-order valence-corrected chi connectivity index (χ4v) is 5.04. The van der Waals surface area contributed by atoms with E-state index in [4.69, 9.17) is 5.26 Å². The van der Waals surface area contributed by atoms with Gasteiger partial charge in [-0.15, -0.1) is 11.3 Å². The Bertz CT molecular complexity index is 1200. The number of nitrogens with zero attached hydrogens (tertiary/aromatic N) is 3. The Kier molecular flexibility index (Phi) is 7.64. The van der Waals surface area contributed by atoms with E-state index >= 15 is 0 Å². The van der Waals surface area contributed by atoms with Gasteiger partial charge in [0.15, 0.2) is 0 Å². The monoisotopic (exact) mass is 468 g/mol. The van der Waals surface area contributed by atoms with Crippen LogP contribution in [0.5, 0.6) is 0 Å². The summed E-state index contributed by atoms with van der Waals surface area (Å²) >= 11 is 1.13. The maximum absolute atomic E-state index is 13.3. The average molecular weight is 469 g/mol. The predicted octanol–water partition coefficient (Wildman–Crippen LogP) is 3.62. The quantitative estimate of drug-likeness (QED) is 0.518. The Balaban J connectivity index is 1.81. The second kappa shape index (κ2) is 10.4. The molecule has 0 aliphatic rings. The third-order valence-electron chi connectivity index (χ3n) is 4.68. The van der Waals surface area contributed by atoms with E-state index in [0.717, 1.165) is 16.9 Å². The molecule has 3 aromatic rings. The first-order valence-corrected chi connectivity index (χ1v) is 12.2. The van der Waals surface area contributed by atoms with E-state index in [1.165, 1.54) is 6.07 Å². The SMILES string of the molecule is CN(C)CCN(Cc1ccc(C#N)cc1)C(=O)c1cccc(NS(=O)(=O)c2cccs2)c1. The molecule has 2 aromatic carbocycles. The average Bonchev–Trinajstić information content (AvgIpc) is 3.32. The zero-order valence-electron chi connectivity index (χ0n) is 17.9. The number of rotatable bonds is 9. The summed E-state index contributed by atoms with van der Waals surface area (Å²) in [6.45, 7) is 1.55. The lowest BCUT2D eigenvalue weighted by Gasteiger charge is -2.25. The second-order valence-electron chi connectivity index (χ2n) is 7.46. The highest BCUT2D eigenvalue weighted by Crippen LogP contribution is 2.21. The van der Waals surface area contributed by atoms with Crippen molar-refractivity contribution in [2.24, 2.45) is 0 Å². The molecular weight excluding hydrogens is 444 g/mol. The zero-order valence-corrected chi connectivity index (χ0v) is 19.5. The molecule has 1 aromatic heterocycles. The summed E-state index contributed by atoms with van der Waals surface area (Å²) in [5, 5.41) is 10.7. The maximum Gasteiger partial charge on any atom is 0.271 e. The predicted molar refractivity (Wildman–Crippen MR) is 126 cm³/mol. The fraction of sp³-hybridized carbons (Fsp3) is 0.217. The molecule has 0 unspecified atom stereocenters. The van der Waals surface area contributed by atoms with Crippen LogP contribution in [0.2, 0.25) is 0 Å². The van der Waals surface area contributed by atoms with Crippen molar-refractivity contribution in [3.8, 4) is 6.07 Å². The van der Waals surface area contributed by atoms with Crippen molar-refractivity contribution in [3.05, 3.63) is 82.7 Å². The van der Waals surface area contributed by atoms with Gasteiger partial charge in [-0.1, -0.05) is 24.3 Å². The molecule has 0 aliphatic heterocycles. The summed E-state index contributed by atoms with van der Waals surface area (Å²) in [4.78, 5) is 17.0. The molecule has 1 heterocycles. The van der Waals surface area contributed by atoms with Gasteiger partial charge in [0, 0.05) is 30.9 Å². The number of likely N-dealkylation sites (N-methyl/N-ethyl adjacent to an activating group) is 1. The minimum Gasteiger partial charge on any atom is -0.333 e. The number of carbonyl (C=O) groups excluding carboxylic acids is 1. The van der Waals surface area contributed by atoms with Crippen LogP contribution in [-0.4, -0.2) is 51.3 Å². The highest BCUT2D eigenvalue weighted by atomic mass is 32.2. The number of sulfonamides is 1. The first-order valence-electron chi connectivity index (χ1n) is 9.88. The van der Waals surface area contributed by atoms with E-state index in [9.17, 15) is 13.2 Å². The number of benzene rings is 2. The zero-order chi connectivity index (χ0) is 23.1. The molecule has 7 nitrogen and oxygen atoms in total. The van der Waals surface area contributed by atoms with E-state index in [-0.39, 0.29) is 10.1 Å². The van der Waals surface area contributed by atoms with Crippen molar-refractivity contribution < 1.29 is 13.2 Å². The summed E-state index contributed by atoms with van der Waals surface area (Å²) in [7, 11) is 0.171. The minimum absolute atomic E-state index is 0.201. The molecule has 0 atom stereocenters. The van der Waals surface area contributed by atoms with Gasteiger partial charge in [0.05, 0.1) is 11.6 Å². The molecule has 9 heteroatoms. The fourth-order valence-electron chi connectivity index (χ4n) is 3.00. The van der Waals surface area contributed by atoms with Crippen molar-refractivity contribution in [2.45, 2.75) is 10.8 Å². The Morgan fingerprint density at radius 1 is 1.06 bits per heavy atom. The lowest BCUT2D eigenvalue weighted by molar-refractivity contribution is 0.0732. The van der Waals surface area contributed by atoms with Gasteiger partial charge in [-0.2, -0.15) is 5.26 Å². The molecule has 0 spiro atoms. The van der Waals surface area contributed by atoms with E-state index in [0.29, 0.717) is 36.4 Å². The van der Waals surface area contributed by atoms with Crippen LogP contribution in [0.3, 0.4) is 0 Å². The Hall–Kier alpha value is -3.19. The number of amides is 1. The number of anilines is 1. The molecule has 0 aliphatic carbocycles. The first-order chi connectivity index (χ1) is 15.3. The third kappa shape index (κ3) is 6.17. The van der Waals surface area contributed by atoms with Gasteiger partial charge < -0.3 is 9.80 Å². The molecular formula is C23H24N4O3S2. The molecule has 0 fully saturated rings. The number of hydrogen-bond acceptors (Lipinski definition) is 6. The number of thiophene rings is 1. The van der Waals surface area contributed by atoms with Gasteiger partial charge in [-0.05, 0) is 61.4 Å². The molecule has 166 valence electrons. The summed E-state index contributed by atoms with van der Waals surface area (Å²) in [5.41, 5.74) is 2.19. The van der Waals surface area contributed by atoms with E-state index < -0.39 is 10.0 Å². The Labute approximate surface area is 192 Å². The van der Waals surface area contributed by atoms with Gasteiger partial charge in [-0.25, -0.2) is 8.42 Å². The van der Waals surface area contributed by atoms with Crippen LogP contribution in [0.1, 0.15) is 21.5 Å². The lowest BCUT2D eigenvalue weighted by atomic mass is 10.1. The molecule has 0 bridgehead atoms. The van der Waals surface area contributed by atoms with Crippen molar-refractivity contribution >= 4 is 33.0 Å².